The third kappa shape index (κ3) is 4.80. The molecule has 0 N–H and O–H groups in total. The maximum Gasteiger partial charge on any atom is 0.119 e. The van der Waals surface area contributed by atoms with Crippen LogP contribution >= 0.6 is 0 Å². The Hall–Kier alpha value is -2.87. The first-order valence-electron chi connectivity index (χ1n) is 8.50. The second-order valence-corrected chi connectivity index (χ2v) is 6.37. The molecule has 2 nitrogen and oxygen atoms in total. The van der Waals surface area contributed by atoms with E-state index < -0.39 is 0 Å². The van der Waals surface area contributed by atoms with Crippen LogP contribution < -0.4 is 4.74 Å². The first-order chi connectivity index (χ1) is 12.1. The van der Waals surface area contributed by atoms with Crippen molar-refractivity contribution in [3.05, 3.63) is 94.5 Å². The van der Waals surface area contributed by atoms with E-state index in [-0.39, 0.29) is 0 Å². The Morgan fingerprint density at radius 2 is 1.52 bits per heavy atom. The van der Waals surface area contributed by atoms with Gasteiger partial charge in [0, 0.05) is 6.21 Å². The van der Waals surface area contributed by atoms with Crippen molar-refractivity contribution < 1.29 is 4.74 Å². The number of hydrogen-bond acceptors (Lipinski definition) is 2. The van der Waals surface area contributed by atoms with Crippen molar-refractivity contribution in [2.24, 2.45) is 4.99 Å². The molecular weight excluding hydrogens is 306 g/mol. The molecule has 0 saturated heterocycles. The summed E-state index contributed by atoms with van der Waals surface area (Å²) in [6.45, 7) is 6.88. The highest BCUT2D eigenvalue weighted by Gasteiger charge is 1.97. The van der Waals surface area contributed by atoms with Gasteiger partial charge in [-0.1, -0.05) is 35.9 Å². The van der Waals surface area contributed by atoms with E-state index in [1.165, 1.54) is 22.3 Å². The predicted molar refractivity (Wildman–Crippen MR) is 105 cm³/mol. The van der Waals surface area contributed by atoms with Crippen LogP contribution in [0.15, 0.2) is 71.7 Å². The van der Waals surface area contributed by atoms with Crippen molar-refractivity contribution in [2.75, 3.05) is 0 Å². The molecule has 0 aliphatic rings. The monoisotopic (exact) mass is 329 g/mol. The average molecular weight is 329 g/mol. The van der Waals surface area contributed by atoms with Crippen molar-refractivity contribution >= 4 is 11.9 Å². The topological polar surface area (TPSA) is 21.6 Å². The Bertz CT molecular complexity index is 862. The Kier molecular flexibility index (Phi) is 5.30. The summed E-state index contributed by atoms with van der Waals surface area (Å²) < 4.78 is 5.83. The zero-order valence-electron chi connectivity index (χ0n) is 15.0. The van der Waals surface area contributed by atoms with Crippen LogP contribution in [0.2, 0.25) is 0 Å². The third-order valence-corrected chi connectivity index (χ3v) is 4.26. The summed E-state index contributed by atoms with van der Waals surface area (Å²) in [6, 6.07) is 22.7. The van der Waals surface area contributed by atoms with Gasteiger partial charge >= 0.3 is 0 Å². The normalized spacial score (nSPS) is 11.0. The molecule has 3 rings (SSSR count). The zero-order valence-corrected chi connectivity index (χ0v) is 15.0. The quantitative estimate of drug-likeness (QED) is 0.531. The van der Waals surface area contributed by atoms with E-state index in [1.54, 1.807) is 0 Å². The van der Waals surface area contributed by atoms with Gasteiger partial charge in [-0.15, -0.1) is 0 Å². The molecule has 2 heteroatoms. The average Bonchev–Trinajstić information content (AvgIpc) is 2.63. The molecule has 25 heavy (non-hydrogen) atoms. The van der Waals surface area contributed by atoms with E-state index in [1.807, 2.05) is 36.5 Å². The minimum Gasteiger partial charge on any atom is -0.489 e. The number of benzene rings is 3. The van der Waals surface area contributed by atoms with Gasteiger partial charge in [0.25, 0.3) is 0 Å². The van der Waals surface area contributed by atoms with E-state index in [2.05, 4.69) is 62.2 Å². The van der Waals surface area contributed by atoms with Gasteiger partial charge in [-0.05, 0) is 79.4 Å². The summed E-state index contributed by atoms with van der Waals surface area (Å²) in [7, 11) is 0. The number of aliphatic imine (C=N–C) groups is 1. The summed E-state index contributed by atoms with van der Waals surface area (Å²) in [5, 5.41) is 0. The van der Waals surface area contributed by atoms with Gasteiger partial charge in [0.15, 0.2) is 0 Å². The molecule has 126 valence electrons. The summed E-state index contributed by atoms with van der Waals surface area (Å²) in [5.41, 5.74) is 7.01. The van der Waals surface area contributed by atoms with Gasteiger partial charge in [0.2, 0.25) is 0 Å². The van der Waals surface area contributed by atoms with Crippen LogP contribution in [0.25, 0.3) is 0 Å². The first kappa shape index (κ1) is 17.0. The maximum atomic E-state index is 5.83. The lowest BCUT2D eigenvalue weighted by Crippen LogP contribution is -1.95. The number of nitrogens with zero attached hydrogens (tertiary/aromatic N) is 1. The SMILES string of the molecule is Cc1ccc(COc2ccc(C=Nc3ccc(C)c(C)c3)cc2)cc1. The molecule has 0 radical (unpaired) electrons. The molecule has 3 aromatic carbocycles. The van der Waals surface area contributed by atoms with Crippen molar-refractivity contribution in [1.82, 2.24) is 0 Å². The standard InChI is InChI=1S/C23H23NO/c1-17-4-7-21(8-5-17)16-25-23-12-9-20(10-13-23)15-24-22-11-6-18(2)19(3)14-22/h4-15H,16H2,1-3H3. The molecular formula is C23H23NO. The molecule has 0 aliphatic carbocycles. The lowest BCUT2D eigenvalue weighted by Gasteiger charge is -2.07. The van der Waals surface area contributed by atoms with Gasteiger partial charge in [-0.25, -0.2) is 0 Å². The molecule has 0 amide bonds. The molecule has 0 aliphatic heterocycles. The smallest absolute Gasteiger partial charge is 0.119 e. The van der Waals surface area contributed by atoms with Crippen molar-refractivity contribution in [3.8, 4) is 5.75 Å². The third-order valence-electron chi connectivity index (χ3n) is 4.26. The van der Waals surface area contributed by atoms with Crippen molar-refractivity contribution in [2.45, 2.75) is 27.4 Å². The van der Waals surface area contributed by atoms with Gasteiger partial charge in [-0.3, -0.25) is 4.99 Å². The zero-order chi connectivity index (χ0) is 17.6. The fourth-order valence-electron chi connectivity index (χ4n) is 2.46. The highest BCUT2D eigenvalue weighted by molar-refractivity contribution is 5.82. The first-order valence-corrected chi connectivity index (χ1v) is 8.50. The molecule has 3 aromatic rings. The number of rotatable bonds is 5. The lowest BCUT2D eigenvalue weighted by molar-refractivity contribution is 0.306. The minimum atomic E-state index is 0.580. The molecule has 0 spiro atoms. The second-order valence-electron chi connectivity index (χ2n) is 6.37. The second kappa shape index (κ2) is 7.80. The lowest BCUT2D eigenvalue weighted by atomic mass is 10.1. The van der Waals surface area contributed by atoms with Crippen LogP contribution in [0.3, 0.4) is 0 Å². The Morgan fingerprint density at radius 1 is 0.800 bits per heavy atom. The van der Waals surface area contributed by atoms with Crippen LogP contribution in [0.1, 0.15) is 27.8 Å². The molecule has 0 fully saturated rings. The summed E-state index contributed by atoms with van der Waals surface area (Å²) >= 11 is 0. The van der Waals surface area contributed by atoms with Gasteiger partial charge < -0.3 is 4.74 Å². The fourth-order valence-corrected chi connectivity index (χ4v) is 2.46. The highest BCUT2D eigenvalue weighted by atomic mass is 16.5. The molecule has 0 aromatic heterocycles. The van der Waals surface area contributed by atoms with E-state index in [4.69, 9.17) is 4.74 Å². The molecule has 0 atom stereocenters. The maximum absolute atomic E-state index is 5.83. The molecule has 0 saturated carbocycles. The van der Waals surface area contributed by atoms with Crippen LogP contribution in [-0.4, -0.2) is 6.21 Å². The molecule has 0 heterocycles. The summed E-state index contributed by atoms with van der Waals surface area (Å²) in [4.78, 5) is 4.54. The summed E-state index contributed by atoms with van der Waals surface area (Å²) in [6.07, 6.45) is 1.88. The molecule has 0 unspecified atom stereocenters. The van der Waals surface area contributed by atoms with E-state index in [0.29, 0.717) is 6.61 Å². The summed E-state index contributed by atoms with van der Waals surface area (Å²) in [5.74, 6) is 0.865. The Balaban J connectivity index is 1.60. The number of ether oxygens (including phenoxy) is 1. The highest BCUT2D eigenvalue weighted by Crippen LogP contribution is 2.18. The fraction of sp³-hybridized carbons (Fsp3) is 0.174. The number of aryl methyl sites for hydroxylation is 3. The van der Waals surface area contributed by atoms with Gasteiger partial charge in [0.1, 0.15) is 12.4 Å². The Morgan fingerprint density at radius 3 is 2.20 bits per heavy atom. The van der Waals surface area contributed by atoms with Crippen LogP contribution in [0.4, 0.5) is 5.69 Å². The van der Waals surface area contributed by atoms with Gasteiger partial charge in [0.05, 0.1) is 5.69 Å². The Labute approximate surface area is 149 Å². The predicted octanol–water partition coefficient (Wildman–Crippen LogP) is 5.94. The number of hydrogen-bond donors (Lipinski definition) is 0. The van der Waals surface area contributed by atoms with E-state index >= 15 is 0 Å². The van der Waals surface area contributed by atoms with E-state index in [0.717, 1.165) is 17.0 Å². The van der Waals surface area contributed by atoms with Crippen LogP contribution in [0.5, 0.6) is 5.75 Å². The van der Waals surface area contributed by atoms with Crippen molar-refractivity contribution in [1.29, 1.82) is 0 Å². The van der Waals surface area contributed by atoms with Crippen LogP contribution in [0, 0.1) is 20.8 Å². The molecule has 0 bridgehead atoms. The minimum absolute atomic E-state index is 0.580. The van der Waals surface area contributed by atoms with Crippen molar-refractivity contribution in [3.63, 3.8) is 0 Å². The largest absolute Gasteiger partial charge is 0.489 e. The van der Waals surface area contributed by atoms with Gasteiger partial charge in [-0.2, -0.15) is 0 Å². The van der Waals surface area contributed by atoms with Crippen LogP contribution in [-0.2, 0) is 6.61 Å². The van der Waals surface area contributed by atoms with E-state index in [9.17, 15) is 0 Å².